The molecule has 3 heteroatoms. The number of rotatable bonds is 3. The zero-order chi connectivity index (χ0) is 11.7. The zero-order valence-corrected chi connectivity index (χ0v) is 10.3. The van der Waals surface area contributed by atoms with Gasteiger partial charge in [-0.1, -0.05) is 6.07 Å². The van der Waals surface area contributed by atoms with Crippen LogP contribution in [0.5, 0.6) is 0 Å². The van der Waals surface area contributed by atoms with Crippen molar-refractivity contribution in [3.63, 3.8) is 0 Å². The largest absolute Gasteiger partial charge is 0.330 e. The van der Waals surface area contributed by atoms with E-state index < -0.39 is 0 Å². The van der Waals surface area contributed by atoms with Gasteiger partial charge in [0.15, 0.2) is 0 Å². The molecule has 0 saturated carbocycles. The Morgan fingerprint density at radius 2 is 2.06 bits per heavy atom. The Kier molecular flexibility index (Phi) is 3.12. The molecule has 0 aromatic carbocycles. The molecule has 1 aromatic heterocycles. The van der Waals surface area contributed by atoms with Crippen molar-refractivity contribution in [3.05, 3.63) is 30.1 Å². The molecule has 2 bridgehead atoms. The van der Waals surface area contributed by atoms with Gasteiger partial charge < -0.3 is 5.73 Å². The minimum atomic E-state index is 0.762. The summed E-state index contributed by atoms with van der Waals surface area (Å²) in [4.78, 5) is 6.89. The van der Waals surface area contributed by atoms with E-state index in [4.69, 9.17) is 5.73 Å². The molecule has 0 amide bonds. The maximum Gasteiger partial charge on any atom is 0.0312 e. The van der Waals surface area contributed by atoms with Gasteiger partial charge in [-0.25, -0.2) is 0 Å². The van der Waals surface area contributed by atoms with E-state index >= 15 is 0 Å². The molecule has 2 N–H and O–H groups in total. The van der Waals surface area contributed by atoms with Gasteiger partial charge in [0, 0.05) is 31.0 Å². The van der Waals surface area contributed by atoms with Crippen LogP contribution >= 0.6 is 0 Å². The molecule has 2 saturated heterocycles. The first-order valence-corrected chi connectivity index (χ1v) is 6.71. The van der Waals surface area contributed by atoms with Crippen LogP contribution < -0.4 is 5.73 Å². The van der Waals surface area contributed by atoms with E-state index in [2.05, 4.69) is 16.0 Å². The Morgan fingerprint density at radius 3 is 2.65 bits per heavy atom. The number of nitrogens with two attached hydrogens (primary N) is 1. The fourth-order valence-electron chi connectivity index (χ4n) is 3.54. The SMILES string of the molecule is NCC1CC2CCC(C1)N2Cc1cccnc1. The summed E-state index contributed by atoms with van der Waals surface area (Å²) in [5.74, 6) is 0.762. The number of hydrogen-bond donors (Lipinski definition) is 1. The van der Waals surface area contributed by atoms with Crippen molar-refractivity contribution < 1.29 is 0 Å². The summed E-state index contributed by atoms with van der Waals surface area (Å²) >= 11 is 0. The minimum absolute atomic E-state index is 0.762. The Morgan fingerprint density at radius 1 is 1.29 bits per heavy atom. The quantitative estimate of drug-likeness (QED) is 0.862. The van der Waals surface area contributed by atoms with Gasteiger partial charge in [0.05, 0.1) is 0 Å². The molecule has 2 aliphatic heterocycles. The highest BCUT2D eigenvalue weighted by Crippen LogP contribution is 2.39. The normalized spacial score (nSPS) is 32.9. The molecule has 2 atom stereocenters. The Hall–Kier alpha value is -0.930. The molecule has 3 rings (SSSR count). The number of aromatic nitrogens is 1. The smallest absolute Gasteiger partial charge is 0.0312 e. The highest BCUT2D eigenvalue weighted by molar-refractivity contribution is 5.10. The van der Waals surface area contributed by atoms with Gasteiger partial charge >= 0.3 is 0 Å². The fraction of sp³-hybridized carbons (Fsp3) is 0.643. The lowest BCUT2D eigenvalue weighted by molar-refractivity contribution is 0.0987. The van der Waals surface area contributed by atoms with Crippen molar-refractivity contribution in [1.82, 2.24) is 9.88 Å². The monoisotopic (exact) mass is 231 g/mol. The van der Waals surface area contributed by atoms with Gasteiger partial charge in [-0.15, -0.1) is 0 Å². The average molecular weight is 231 g/mol. The predicted octanol–water partition coefficient (Wildman–Crippen LogP) is 1.78. The summed E-state index contributed by atoms with van der Waals surface area (Å²) in [6.07, 6.45) is 9.16. The van der Waals surface area contributed by atoms with E-state index in [1.165, 1.54) is 31.2 Å². The second-order valence-corrected chi connectivity index (χ2v) is 5.49. The number of nitrogens with zero attached hydrogens (tertiary/aromatic N) is 2. The van der Waals surface area contributed by atoms with Crippen molar-refractivity contribution in [2.24, 2.45) is 11.7 Å². The summed E-state index contributed by atoms with van der Waals surface area (Å²) in [7, 11) is 0. The van der Waals surface area contributed by atoms with Gasteiger partial charge in [-0.05, 0) is 49.8 Å². The Balaban J connectivity index is 1.69. The molecule has 92 valence electrons. The van der Waals surface area contributed by atoms with Gasteiger partial charge in [0.25, 0.3) is 0 Å². The standard InChI is InChI=1S/C14H21N3/c15-8-12-6-13-3-4-14(7-12)17(13)10-11-2-1-5-16-9-11/h1-2,5,9,12-14H,3-4,6-8,10,15H2. The van der Waals surface area contributed by atoms with E-state index in [0.717, 1.165) is 31.1 Å². The topological polar surface area (TPSA) is 42.1 Å². The zero-order valence-electron chi connectivity index (χ0n) is 10.3. The molecule has 3 nitrogen and oxygen atoms in total. The van der Waals surface area contributed by atoms with Gasteiger partial charge in [0.2, 0.25) is 0 Å². The molecule has 2 unspecified atom stereocenters. The van der Waals surface area contributed by atoms with E-state index in [-0.39, 0.29) is 0 Å². The second-order valence-electron chi connectivity index (χ2n) is 5.49. The lowest BCUT2D eigenvalue weighted by atomic mass is 9.90. The van der Waals surface area contributed by atoms with E-state index in [1.807, 2.05) is 18.5 Å². The molecule has 0 aliphatic carbocycles. The first kappa shape index (κ1) is 11.2. The molecule has 17 heavy (non-hydrogen) atoms. The van der Waals surface area contributed by atoms with Gasteiger partial charge in [-0.3, -0.25) is 9.88 Å². The number of hydrogen-bond acceptors (Lipinski definition) is 3. The van der Waals surface area contributed by atoms with Crippen LogP contribution in [-0.2, 0) is 6.54 Å². The van der Waals surface area contributed by atoms with Crippen LogP contribution in [0.2, 0.25) is 0 Å². The third-order valence-electron chi connectivity index (χ3n) is 4.40. The van der Waals surface area contributed by atoms with Crippen LogP contribution in [0.4, 0.5) is 0 Å². The first-order valence-electron chi connectivity index (χ1n) is 6.71. The average Bonchev–Trinajstić information content (AvgIpc) is 2.63. The van der Waals surface area contributed by atoms with E-state index in [1.54, 1.807) is 0 Å². The first-order chi connectivity index (χ1) is 8.36. The fourth-order valence-corrected chi connectivity index (χ4v) is 3.54. The summed E-state index contributed by atoms with van der Waals surface area (Å²) in [5, 5.41) is 0. The Bertz CT molecular complexity index is 351. The van der Waals surface area contributed by atoms with Crippen LogP contribution in [-0.4, -0.2) is 28.5 Å². The predicted molar refractivity (Wildman–Crippen MR) is 68.4 cm³/mol. The Labute approximate surface area is 103 Å². The molecule has 2 aliphatic rings. The maximum atomic E-state index is 5.82. The van der Waals surface area contributed by atoms with Gasteiger partial charge in [-0.2, -0.15) is 0 Å². The summed E-state index contributed by atoms with van der Waals surface area (Å²) in [6.45, 7) is 1.94. The molecular formula is C14H21N3. The second kappa shape index (κ2) is 4.75. The molecular weight excluding hydrogens is 210 g/mol. The van der Waals surface area contributed by atoms with Crippen molar-refractivity contribution >= 4 is 0 Å². The van der Waals surface area contributed by atoms with Crippen LogP contribution in [0.15, 0.2) is 24.5 Å². The molecule has 1 aromatic rings. The highest BCUT2D eigenvalue weighted by atomic mass is 15.2. The van der Waals surface area contributed by atoms with E-state index in [9.17, 15) is 0 Å². The van der Waals surface area contributed by atoms with Crippen LogP contribution in [0.25, 0.3) is 0 Å². The lowest BCUT2D eigenvalue weighted by Gasteiger charge is -2.38. The third kappa shape index (κ3) is 2.22. The molecule has 2 fully saturated rings. The van der Waals surface area contributed by atoms with Crippen molar-refractivity contribution in [1.29, 1.82) is 0 Å². The van der Waals surface area contributed by atoms with Crippen LogP contribution in [0.3, 0.4) is 0 Å². The van der Waals surface area contributed by atoms with Crippen molar-refractivity contribution in [2.45, 2.75) is 44.3 Å². The maximum absolute atomic E-state index is 5.82. The number of fused-ring (bicyclic) bond motifs is 2. The summed E-state index contributed by atoms with van der Waals surface area (Å²) in [6, 6.07) is 5.75. The van der Waals surface area contributed by atoms with Crippen molar-refractivity contribution in [2.75, 3.05) is 6.54 Å². The summed E-state index contributed by atoms with van der Waals surface area (Å²) < 4.78 is 0. The number of piperidine rings is 1. The minimum Gasteiger partial charge on any atom is -0.330 e. The van der Waals surface area contributed by atoms with Crippen LogP contribution in [0.1, 0.15) is 31.2 Å². The molecule has 0 spiro atoms. The van der Waals surface area contributed by atoms with Crippen molar-refractivity contribution in [3.8, 4) is 0 Å². The van der Waals surface area contributed by atoms with Gasteiger partial charge in [0.1, 0.15) is 0 Å². The lowest BCUT2D eigenvalue weighted by Crippen LogP contribution is -2.43. The number of pyridine rings is 1. The molecule has 0 radical (unpaired) electrons. The molecule has 3 heterocycles. The summed E-state index contributed by atoms with van der Waals surface area (Å²) in [5.41, 5.74) is 7.17. The highest BCUT2D eigenvalue weighted by Gasteiger charge is 2.39. The van der Waals surface area contributed by atoms with E-state index in [0.29, 0.717) is 0 Å². The van der Waals surface area contributed by atoms with Crippen LogP contribution in [0, 0.1) is 5.92 Å². The third-order valence-corrected chi connectivity index (χ3v) is 4.40.